The van der Waals surface area contributed by atoms with Crippen molar-refractivity contribution in [3.8, 4) is 6.07 Å². The lowest BCUT2D eigenvalue weighted by Gasteiger charge is -2.34. The van der Waals surface area contributed by atoms with Gasteiger partial charge in [-0.15, -0.1) is 0 Å². The minimum Gasteiger partial charge on any atom is -0.381 e. The Bertz CT molecular complexity index is 560. The highest BCUT2D eigenvalue weighted by Gasteiger charge is 2.45. The molecule has 1 N–H and O–H groups in total. The third-order valence-electron chi connectivity index (χ3n) is 4.00. The van der Waals surface area contributed by atoms with Gasteiger partial charge in [-0.25, -0.2) is 4.39 Å². The molecule has 0 heterocycles. The van der Waals surface area contributed by atoms with Crippen LogP contribution in [0.15, 0.2) is 12.1 Å². The first-order valence-corrected chi connectivity index (χ1v) is 6.86. The molecule has 0 bridgehead atoms. The highest BCUT2D eigenvalue weighted by atomic mass is 19.4. The summed E-state index contributed by atoms with van der Waals surface area (Å²) in [5.74, 6) is -2.02. The molecule has 0 aromatic heterocycles. The fraction of sp³-hybridized carbons (Fsp3) is 0.533. The second-order valence-electron chi connectivity index (χ2n) is 5.43. The molecule has 0 spiro atoms. The highest BCUT2D eigenvalue weighted by molar-refractivity contribution is 5.56. The Morgan fingerprint density at radius 3 is 2.52 bits per heavy atom. The molecule has 2 nitrogen and oxygen atoms in total. The number of nitriles is 1. The second kappa shape index (κ2) is 5.92. The molecule has 21 heavy (non-hydrogen) atoms. The Morgan fingerprint density at radius 1 is 1.24 bits per heavy atom. The number of hydrogen-bond acceptors (Lipinski definition) is 2. The molecule has 1 aromatic rings. The van der Waals surface area contributed by atoms with Crippen molar-refractivity contribution in [2.75, 3.05) is 5.32 Å². The SMILES string of the molecule is Cc1c(F)cc(C#N)cc1NC1CCCCC1C(F)(F)F. The van der Waals surface area contributed by atoms with Gasteiger partial charge in [0.1, 0.15) is 5.82 Å². The number of halogens is 4. The van der Waals surface area contributed by atoms with Gasteiger partial charge in [-0.2, -0.15) is 18.4 Å². The van der Waals surface area contributed by atoms with E-state index >= 15 is 0 Å². The van der Waals surface area contributed by atoms with Gasteiger partial charge in [0.15, 0.2) is 0 Å². The number of nitrogens with one attached hydrogen (secondary N) is 1. The molecule has 1 aliphatic carbocycles. The van der Waals surface area contributed by atoms with Crippen LogP contribution in [-0.4, -0.2) is 12.2 Å². The number of anilines is 1. The summed E-state index contributed by atoms with van der Waals surface area (Å²) in [7, 11) is 0. The van der Waals surface area contributed by atoms with Crippen LogP contribution in [0.3, 0.4) is 0 Å². The minimum atomic E-state index is -4.27. The normalized spacial score (nSPS) is 22.7. The van der Waals surface area contributed by atoms with E-state index < -0.39 is 24.0 Å². The molecule has 1 aromatic carbocycles. The molecule has 1 aliphatic rings. The van der Waals surface area contributed by atoms with E-state index in [1.807, 2.05) is 6.07 Å². The standard InChI is InChI=1S/C15H16F4N2/c1-9-12(16)6-10(8-20)7-14(9)21-13-5-3-2-4-11(13)15(17,18)19/h6-7,11,13,21H,2-5H2,1H3. The average Bonchev–Trinajstić information content (AvgIpc) is 2.43. The van der Waals surface area contributed by atoms with Gasteiger partial charge in [-0.05, 0) is 31.9 Å². The molecule has 2 atom stereocenters. The molecule has 1 saturated carbocycles. The number of benzene rings is 1. The van der Waals surface area contributed by atoms with E-state index in [4.69, 9.17) is 5.26 Å². The van der Waals surface area contributed by atoms with Crippen molar-refractivity contribution in [1.82, 2.24) is 0 Å². The van der Waals surface area contributed by atoms with Gasteiger partial charge in [0.05, 0.1) is 17.6 Å². The monoisotopic (exact) mass is 300 g/mol. The van der Waals surface area contributed by atoms with Crippen molar-refractivity contribution in [2.45, 2.75) is 44.8 Å². The van der Waals surface area contributed by atoms with Crippen LogP contribution in [0, 0.1) is 30.0 Å². The Hall–Kier alpha value is -1.77. The van der Waals surface area contributed by atoms with E-state index in [2.05, 4.69) is 5.32 Å². The van der Waals surface area contributed by atoms with E-state index in [1.165, 1.54) is 13.0 Å². The van der Waals surface area contributed by atoms with Crippen molar-refractivity contribution in [2.24, 2.45) is 5.92 Å². The van der Waals surface area contributed by atoms with E-state index in [9.17, 15) is 17.6 Å². The molecular formula is C15H16F4N2. The Labute approximate surface area is 120 Å². The topological polar surface area (TPSA) is 35.8 Å². The molecule has 114 valence electrons. The maximum absolute atomic E-state index is 13.7. The number of nitrogens with zero attached hydrogens (tertiary/aromatic N) is 1. The zero-order valence-electron chi connectivity index (χ0n) is 11.6. The summed E-state index contributed by atoms with van der Waals surface area (Å²) < 4.78 is 52.9. The largest absolute Gasteiger partial charge is 0.393 e. The molecule has 0 saturated heterocycles. The molecule has 6 heteroatoms. The van der Waals surface area contributed by atoms with Crippen LogP contribution in [0.1, 0.15) is 36.8 Å². The lowest BCUT2D eigenvalue weighted by molar-refractivity contribution is -0.184. The van der Waals surface area contributed by atoms with Gasteiger partial charge in [0, 0.05) is 17.3 Å². The molecule has 2 unspecified atom stereocenters. The number of hydrogen-bond donors (Lipinski definition) is 1. The Balaban J connectivity index is 2.28. The van der Waals surface area contributed by atoms with Gasteiger partial charge in [0.25, 0.3) is 0 Å². The fourth-order valence-electron chi connectivity index (χ4n) is 2.79. The van der Waals surface area contributed by atoms with Crippen molar-refractivity contribution in [3.63, 3.8) is 0 Å². The summed E-state index contributed by atoms with van der Waals surface area (Å²) in [4.78, 5) is 0. The third-order valence-corrected chi connectivity index (χ3v) is 4.00. The van der Waals surface area contributed by atoms with Gasteiger partial charge in [0.2, 0.25) is 0 Å². The van der Waals surface area contributed by atoms with Gasteiger partial charge in [-0.1, -0.05) is 12.8 Å². The van der Waals surface area contributed by atoms with E-state index in [0.29, 0.717) is 19.3 Å². The van der Waals surface area contributed by atoms with Gasteiger partial charge in [-0.3, -0.25) is 0 Å². The zero-order valence-corrected chi connectivity index (χ0v) is 11.6. The smallest absolute Gasteiger partial charge is 0.381 e. The van der Waals surface area contributed by atoms with Crippen molar-refractivity contribution in [3.05, 3.63) is 29.1 Å². The lowest BCUT2D eigenvalue weighted by atomic mass is 9.83. The summed E-state index contributed by atoms with van der Waals surface area (Å²) >= 11 is 0. The molecular weight excluding hydrogens is 284 g/mol. The van der Waals surface area contributed by atoms with E-state index in [-0.39, 0.29) is 23.2 Å². The maximum atomic E-state index is 13.7. The first kappa shape index (κ1) is 15.6. The summed E-state index contributed by atoms with van der Waals surface area (Å²) in [5.41, 5.74) is 0.605. The Kier molecular flexibility index (Phi) is 4.40. The maximum Gasteiger partial charge on any atom is 0.393 e. The minimum absolute atomic E-state index is 0.0840. The first-order valence-electron chi connectivity index (χ1n) is 6.86. The summed E-state index contributed by atoms with van der Waals surface area (Å²) in [6, 6.07) is 3.53. The third kappa shape index (κ3) is 3.46. The quantitative estimate of drug-likeness (QED) is 0.814. The van der Waals surface area contributed by atoms with Crippen LogP contribution >= 0.6 is 0 Å². The number of alkyl halides is 3. The van der Waals surface area contributed by atoms with Crippen molar-refractivity contribution < 1.29 is 17.6 Å². The van der Waals surface area contributed by atoms with Crippen LogP contribution in [0.4, 0.5) is 23.2 Å². The average molecular weight is 300 g/mol. The lowest BCUT2D eigenvalue weighted by Crippen LogP contribution is -2.41. The van der Waals surface area contributed by atoms with E-state index in [1.54, 1.807) is 0 Å². The fourth-order valence-corrected chi connectivity index (χ4v) is 2.79. The summed E-state index contributed by atoms with van der Waals surface area (Å²) in [6.07, 6.45) is -2.53. The highest BCUT2D eigenvalue weighted by Crippen LogP contribution is 2.39. The van der Waals surface area contributed by atoms with E-state index in [0.717, 1.165) is 6.07 Å². The van der Waals surface area contributed by atoms with Crippen LogP contribution < -0.4 is 5.32 Å². The molecule has 0 amide bonds. The summed E-state index contributed by atoms with van der Waals surface area (Å²) in [6.45, 7) is 1.49. The second-order valence-corrected chi connectivity index (χ2v) is 5.43. The van der Waals surface area contributed by atoms with Crippen LogP contribution in [0.25, 0.3) is 0 Å². The van der Waals surface area contributed by atoms with Crippen molar-refractivity contribution in [1.29, 1.82) is 5.26 Å². The van der Waals surface area contributed by atoms with Gasteiger partial charge < -0.3 is 5.32 Å². The predicted molar refractivity (Wildman–Crippen MR) is 71.3 cm³/mol. The van der Waals surface area contributed by atoms with Crippen LogP contribution in [0.2, 0.25) is 0 Å². The summed E-state index contributed by atoms with van der Waals surface area (Å²) in [5, 5.41) is 11.7. The van der Waals surface area contributed by atoms with Crippen molar-refractivity contribution >= 4 is 5.69 Å². The van der Waals surface area contributed by atoms with Gasteiger partial charge >= 0.3 is 6.18 Å². The molecule has 1 fully saturated rings. The predicted octanol–water partition coefficient (Wildman–Crippen LogP) is 4.54. The van der Waals surface area contributed by atoms with Crippen LogP contribution in [-0.2, 0) is 0 Å². The number of rotatable bonds is 2. The molecule has 0 aliphatic heterocycles. The zero-order chi connectivity index (χ0) is 15.6. The first-order chi connectivity index (χ1) is 9.82. The molecule has 0 radical (unpaired) electrons. The van der Waals surface area contributed by atoms with Crippen LogP contribution in [0.5, 0.6) is 0 Å². The molecule has 2 rings (SSSR count). The Morgan fingerprint density at radius 2 is 1.90 bits per heavy atom.